The van der Waals surface area contributed by atoms with Crippen LogP contribution >= 0.6 is 0 Å². The highest BCUT2D eigenvalue weighted by molar-refractivity contribution is 5.93. The van der Waals surface area contributed by atoms with Crippen LogP contribution in [0.2, 0.25) is 0 Å². The van der Waals surface area contributed by atoms with E-state index in [2.05, 4.69) is 58.2 Å². The molecule has 1 N–H and O–H groups in total. The Morgan fingerprint density at radius 2 is 1.80 bits per heavy atom. The maximum atomic E-state index is 12.9. The molecule has 1 saturated heterocycles. The first-order chi connectivity index (χ1) is 19.5. The highest BCUT2D eigenvalue weighted by atomic mass is 16.1. The number of benzene rings is 3. The van der Waals surface area contributed by atoms with E-state index < -0.39 is 0 Å². The lowest BCUT2D eigenvalue weighted by atomic mass is 10.0. The van der Waals surface area contributed by atoms with Gasteiger partial charge in [-0.15, -0.1) is 0 Å². The molecule has 1 aromatic heterocycles. The van der Waals surface area contributed by atoms with Gasteiger partial charge in [0.25, 0.3) is 0 Å². The average molecular weight is 533 g/mol. The van der Waals surface area contributed by atoms with Crippen molar-refractivity contribution < 1.29 is 4.79 Å². The number of carbonyl (C=O) groups is 1. The van der Waals surface area contributed by atoms with Gasteiger partial charge in [0.15, 0.2) is 5.82 Å². The van der Waals surface area contributed by atoms with Gasteiger partial charge in [0.2, 0.25) is 0 Å². The number of anilines is 2. The van der Waals surface area contributed by atoms with Crippen LogP contribution in [0.5, 0.6) is 0 Å². The van der Waals surface area contributed by atoms with Gasteiger partial charge in [0.05, 0.1) is 12.1 Å². The number of hydrogen-bond donors (Lipinski definition) is 1. The highest BCUT2D eigenvalue weighted by Crippen LogP contribution is 2.29. The number of fused-ring (bicyclic) bond motifs is 2. The molecule has 7 nitrogen and oxygen atoms in total. The van der Waals surface area contributed by atoms with E-state index in [4.69, 9.17) is 9.97 Å². The lowest BCUT2D eigenvalue weighted by Gasteiger charge is -2.36. The Kier molecular flexibility index (Phi) is 7.66. The van der Waals surface area contributed by atoms with Gasteiger partial charge in [-0.1, -0.05) is 36.4 Å². The van der Waals surface area contributed by atoms with E-state index in [1.165, 1.54) is 5.56 Å². The van der Waals surface area contributed by atoms with Gasteiger partial charge in [-0.05, 0) is 60.9 Å². The predicted molar refractivity (Wildman–Crippen MR) is 162 cm³/mol. The summed E-state index contributed by atoms with van der Waals surface area (Å²) in [6.07, 6.45) is 2.93. The van der Waals surface area contributed by atoms with Gasteiger partial charge in [-0.3, -0.25) is 14.7 Å². The SMILES string of the molecule is CC(C)N1CCN(CCC(=O)Cc2cccc(-c3nc(Nc4ccc5c(c4)C=NC5)c4ccccc4n3)c2)CC1. The Morgan fingerprint density at radius 1 is 0.950 bits per heavy atom. The lowest BCUT2D eigenvalue weighted by Crippen LogP contribution is -2.49. The summed E-state index contributed by atoms with van der Waals surface area (Å²) in [5.41, 5.74) is 6.11. The van der Waals surface area contributed by atoms with Crippen molar-refractivity contribution in [2.75, 3.05) is 38.0 Å². The molecule has 0 saturated carbocycles. The molecule has 204 valence electrons. The Bertz CT molecular complexity index is 1550. The van der Waals surface area contributed by atoms with Crippen molar-refractivity contribution in [3.8, 4) is 11.4 Å². The van der Waals surface area contributed by atoms with E-state index in [0.717, 1.165) is 78.4 Å². The first kappa shape index (κ1) is 26.3. The standard InChI is InChI=1S/C33H36N6O/c1-23(2)39-16-14-38(15-17-39)13-12-29(40)19-24-6-5-7-25(18-24)32-36-31-9-4-3-8-30(31)33(37-32)35-28-11-10-26-21-34-22-27(26)20-28/h3-11,18,20,22-23H,12-17,19,21H2,1-2H3,(H,35,36,37). The van der Waals surface area contributed by atoms with Crippen LogP contribution in [-0.2, 0) is 17.8 Å². The molecule has 4 aromatic rings. The number of aromatic nitrogens is 2. The van der Waals surface area contributed by atoms with Gasteiger partial charge >= 0.3 is 0 Å². The minimum absolute atomic E-state index is 0.269. The summed E-state index contributed by atoms with van der Waals surface area (Å²) in [6.45, 7) is 10.3. The summed E-state index contributed by atoms with van der Waals surface area (Å²) in [4.78, 5) is 32.0. The number of carbonyl (C=O) groups excluding carboxylic acids is 1. The van der Waals surface area contributed by atoms with Crippen LogP contribution < -0.4 is 5.32 Å². The van der Waals surface area contributed by atoms with Crippen LogP contribution in [-0.4, -0.2) is 70.5 Å². The van der Waals surface area contributed by atoms with E-state index in [0.29, 0.717) is 24.7 Å². The molecule has 1 fully saturated rings. The second-order valence-electron chi connectivity index (χ2n) is 11.1. The Morgan fingerprint density at radius 3 is 2.65 bits per heavy atom. The number of ketones is 1. The Balaban J connectivity index is 1.17. The van der Waals surface area contributed by atoms with Crippen LogP contribution in [0.1, 0.15) is 37.0 Å². The number of piperazine rings is 1. The van der Waals surface area contributed by atoms with Crippen molar-refractivity contribution in [1.82, 2.24) is 19.8 Å². The van der Waals surface area contributed by atoms with Crippen LogP contribution in [0, 0.1) is 0 Å². The van der Waals surface area contributed by atoms with Crippen molar-refractivity contribution in [2.45, 2.75) is 39.3 Å². The topological polar surface area (TPSA) is 73.7 Å². The first-order valence-corrected chi connectivity index (χ1v) is 14.3. The average Bonchev–Trinajstić information content (AvgIpc) is 3.44. The quantitative estimate of drug-likeness (QED) is 0.307. The third kappa shape index (κ3) is 5.96. The van der Waals surface area contributed by atoms with Crippen molar-refractivity contribution in [1.29, 1.82) is 0 Å². The molecule has 2 aliphatic rings. The third-order valence-corrected chi connectivity index (χ3v) is 7.93. The molecule has 7 heteroatoms. The number of nitrogens with zero attached hydrogens (tertiary/aromatic N) is 5. The Hall–Kier alpha value is -3.94. The number of nitrogens with one attached hydrogen (secondary N) is 1. The van der Waals surface area contributed by atoms with Crippen molar-refractivity contribution >= 4 is 34.4 Å². The highest BCUT2D eigenvalue weighted by Gasteiger charge is 2.19. The zero-order valence-corrected chi connectivity index (χ0v) is 23.3. The summed E-state index contributed by atoms with van der Waals surface area (Å²) in [5.74, 6) is 1.67. The van der Waals surface area contributed by atoms with Crippen molar-refractivity contribution in [3.05, 3.63) is 83.4 Å². The van der Waals surface area contributed by atoms with E-state index in [1.54, 1.807) is 0 Å². The van der Waals surface area contributed by atoms with Gasteiger partial charge < -0.3 is 10.2 Å². The fraction of sp³-hybridized carbons (Fsp3) is 0.333. The smallest absolute Gasteiger partial charge is 0.162 e. The van der Waals surface area contributed by atoms with Gasteiger partial charge in [-0.25, -0.2) is 9.97 Å². The van der Waals surface area contributed by atoms with E-state index >= 15 is 0 Å². The summed E-state index contributed by atoms with van der Waals surface area (Å²) in [5, 5.41) is 4.47. The number of Topliss-reactive ketones (excluding diaryl/α,β-unsaturated/α-hetero) is 1. The lowest BCUT2D eigenvalue weighted by molar-refractivity contribution is -0.118. The normalized spacial score (nSPS) is 15.6. The molecule has 6 rings (SSSR count). The molecule has 3 aromatic carbocycles. The molecule has 0 unspecified atom stereocenters. The number of rotatable bonds is 9. The number of hydrogen-bond acceptors (Lipinski definition) is 7. The minimum atomic E-state index is 0.269. The molecule has 0 bridgehead atoms. The van der Waals surface area contributed by atoms with Crippen molar-refractivity contribution in [3.63, 3.8) is 0 Å². The van der Waals surface area contributed by atoms with Crippen molar-refractivity contribution in [2.24, 2.45) is 4.99 Å². The molecule has 0 atom stereocenters. The first-order valence-electron chi connectivity index (χ1n) is 14.3. The van der Waals surface area contributed by atoms with Crippen LogP contribution in [0.15, 0.2) is 71.7 Å². The largest absolute Gasteiger partial charge is 0.340 e. The van der Waals surface area contributed by atoms with E-state index in [-0.39, 0.29) is 5.78 Å². The van der Waals surface area contributed by atoms with Gasteiger partial charge in [0.1, 0.15) is 11.6 Å². The summed E-state index contributed by atoms with van der Waals surface area (Å²) < 4.78 is 0. The number of para-hydroxylation sites is 1. The summed E-state index contributed by atoms with van der Waals surface area (Å²) >= 11 is 0. The van der Waals surface area contributed by atoms with Crippen LogP contribution in [0.3, 0.4) is 0 Å². The minimum Gasteiger partial charge on any atom is -0.340 e. The second-order valence-corrected chi connectivity index (χ2v) is 11.1. The van der Waals surface area contributed by atoms with Gasteiger partial charge in [0, 0.05) is 74.5 Å². The fourth-order valence-corrected chi connectivity index (χ4v) is 5.54. The molecule has 3 heterocycles. The van der Waals surface area contributed by atoms with E-state index in [1.807, 2.05) is 48.7 Å². The molecule has 0 aliphatic carbocycles. The number of aliphatic imine (C=N–C) groups is 1. The second kappa shape index (κ2) is 11.7. The van der Waals surface area contributed by atoms with Crippen LogP contribution in [0.25, 0.3) is 22.3 Å². The van der Waals surface area contributed by atoms with Gasteiger partial charge in [-0.2, -0.15) is 0 Å². The molecule has 0 spiro atoms. The van der Waals surface area contributed by atoms with Crippen LogP contribution in [0.4, 0.5) is 11.5 Å². The fourth-order valence-electron chi connectivity index (χ4n) is 5.54. The Labute approximate surface area is 236 Å². The molecule has 2 aliphatic heterocycles. The zero-order valence-electron chi connectivity index (χ0n) is 23.3. The molecule has 0 amide bonds. The maximum absolute atomic E-state index is 12.9. The zero-order chi connectivity index (χ0) is 27.5. The van der Waals surface area contributed by atoms with E-state index in [9.17, 15) is 4.79 Å². The third-order valence-electron chi connectivity index (χ3n) is 7.93. The summed E-state index contributed by atoms with van der Waals surface area (Å²) in [7, 11) is 0. The monoisotopic (exact) mass is 532 g/mol. The maximum Gasteiger partial charge on any atom is 0.162 e. The predicted octanol–water partition coefficient (Wildman–Crippen LogP) is 5.50. The molecular formula is C33H36N6O. The molecular weight excluding hydrogens is 496 g/mol. The molecule has 0 radical (unpaired) electrons. The molecule has 40 heavy (non-hydrogen) atoms. The summed E-state index contributed by atoms with van der Waals surface area (Å²) in [6, 6.07) is 23.0.